The van der Waals surface area contributed by atoms with Gasteiger partial charge in [0.15, 0.2) is 0 Å². The Morgan fingerprint density at radius 1 is 1.04 bits per heavy atom. The molecule has 0 saturated carbocycles. The number of hydrogen-bond donors (Lipinski definition) is 1. The lowest BCUT2D eigenvalue weighted by molar-refractivity contribution is 0.229. The van der Waals surface area contributed by atoms with Crippen LogP contribution >= 0.6 is 7.60 Å². The molecule has 0 aliphatic rings. The Bertz CT molecular complexity index is 844. The van der Waals surface area contributed by atoms with E-state index in [1.807, 2.05) is 30.3 Å². The first-order valence-electron chi connectivity index (χ1n) is 7.61. The number of fused-ring (bicyclic) bond motifs is 1. The first-order chi connectivity index (χ1) is 11.2. The molecule has 1 aromatic heterocycles. The van der Waals surface area contributed by atoms with Crippen molar-refractivity contribution in [2.45, 2.75) is 13.8 Å². The Labute approximate surface area is 135 Å². The SMILES string of the molecule is CCOP(=O)(OCC)c1cc(-c2cccc3ccccc23)n[nH]1. The third-order valence-electron chi connectivity index (χ3n) is 3.52. The summed E-state index contributed by atoms with van der Waals surface area (Å²) in [6, 6.07) is 15.9. The summed E-state index contributed by atoms with van der Waals surface area (Å²) in [6.45, 7) is 4.18. The van der Waals surface area contributed by atoms with Gasteiger partial charge in [-0.15, -0.1) is 0 Å². The van der Waals surface area contributed by atoms with Crippen LogP contribution in [-0.4, -0.2) is 23.4 Å². The molecule has 120 valence electrons. The third-order valence-corrected chi connectivity index (χ3v) is 5.54. The predicted molar refractivity (Wildman–Crippen MR) is 92.0 cm³/mol. The molecule has 0 unspecified atom stereocenters. The minimum Gasteiger partial charge on any atom is -0.304 e. The zero-order chi connectivity index (χ0) is 16.3. The van der Waals surface area contributed by atoms with Gasteiger partial charge in [0.05, 0.1) is 18.9 Å². The molecular formula is C17H19N2O3P. The Hall–Kier alpha value is -1.94. The quantitative estimate of drug-likeness (QED) is 0.691. The summed E-state index contributed by atoms with van der Waals surface area (Å²) < 4.78 is 23.5. The summed E-state index contributed by atoms with van der Waals surface area (Å²) in [5.74, 6) is 0. The average molecular weight is 330 g/mol. The van der Waals surface area contributed by atoms with Crippen molar-refractivity contribution >= 4 is 23.8 Å². The maximum Gasteiger partial charge on any atom is 0.378 e. The van der Waals surface area contributed by atoms with E-state index < -0.39 is 7.60 Å². The van der Waals surface area contributed by atoms with Gasteiger partial charge in [-0.05, 0) is 30.7 Å². The minimum absolute atomic E-state index is 0.305. The zero-order valence-corrected chi connectivity index (χ0v) is 14.0. The second-order valence-electron chi connectivity index (χ2n) is 5.00. The Morgan fingerprint density at radius 3 is 2.48 bits per heavy atom. The van der Waals surface area contributed by atoms with Crippen molar-refractivity contribution in [1.29, 1.82) is 0 Å². The van der Waals surface area contributed by atoms with Crippen LogP contribution in [-0.2, 0) is 13.6 Å². The summed E-state index contributed by atoms with van der Waals surface area (Å²) in [6.07, 6.45) is 0. The first-order valence-corrected chi connectivity index (χ1v) is 9.15. The van der Waals surface area contributed by atoms with Crippen molar-refractivity contribution in [1.82, 2.24) is 10.2 Å². The molecule has 0 aliphatic carbocycles. The molecule has 1 N–H and O–H groups in total. The number of aromatic nitrogens is 2. The smallest absolute Gasteiger partial charge is 0.304 e. The van der Waals surface area contributed by atoms with E-state index in [9.17, 15) is 4.57 Å². The molecule has 0 atom stereocenters. The van der Waals surface area contributed by atoms with Gasteiger partial charge in [-0.25, -0.2) is 0 Å². The highest BCUT2D eigenvalue weighted by Gasteiger charge is 2.29. The van der Waals surface area contributed by atoms with Gasteiger partial charge >= 0.3 is 7.60 Å². The second-order valence-corrected chi connectivity index (χ2v) is 6.99. The van der Waals surface area contributed by atoms with Crippen LogP contribution in [0, 0.1) is 0 Å². The van der Waals surface area contributed by atoms with Crippen LogP contribution in [0.3, 0.4) is 0 Å². The van der Waals surface area contributed by atoms with E-state index in [2.05, 4.69) is 22.3 Å². The lowest BCUT2D eigenvalue weighted by Crippen LogP contribution is -2.11. The molecule has 5 nitrogen and oxygen atoms in total. The van der Waals surface area contributed by atoms with Crippen molar-refractivity contribution in [2.75, 3.05) is 13.2 Å². The monoisotopic (exact) mass is 330 g/mol. The molecule has 1 heterocycles. The van der Waals surface area contributed by atoms with E-state index in [-0.39, 0.29) is 0 Å². The standard InChI is InChI=1S/C17H19N2O3P/c1-3-21-23(20,22-4-2)17-12-16(18-19-17)15-11-7-9-13-8-5-6-10-14(13)15/h5-12H,3-4H2,1-2H3,(H,18,19). The molecule has 0 aliphatic heterocycles. The number of nitrogens with zero attached hydrogens (tertiary/aromatic N) is 1. The lowest BCUT2D eigenvalue weighted by atomic mass is 10.0. The van der Waals surface area contributed by atoms with Gasteiger partial charge in [-0.3, -0.25) is 9.66 Å². The van der Waals surface area contributed by atoms with Crippen LogP contribution in [0.4, 0.5) is 0 Å². The fourth-order valence-corrected chi connectivity index (χ4v) is 4.04. The average Bonchev–Trinajstić information content (AvgIpc) is 3.05. The maximum atomic E-state index is 12.8. The first kappa shape index (κ1) is 15.9. The van der Waals surface area contributed by atoms with Crippen LogP contribution in [0.1, 0.15) is 13.8 Å². The number of benzene rings is 2. The van der Waals surface area contributed by atoms with Crippen LogP contribution in [0.2, 0.25) is 0 Å². The summed E-state index contributed by atoms with van der Waals surface area (Å²) >= 11 is 0. The minimum atomic E-state index is -3.35. The molecule has 0 fully saturated rings. The second kappa shape index (κ2) is 6.67. The van der Waals surface area contributed by atoms with E-state index in [0.717, 1.165) is 22.0 Å². The van der Waals surface area contributed by atoms with Crippen LogP contribution in [0.5, 0.6) is 0 Å². The molecule has 0 spiro atoms. The largest absolute Gasteiger partial charge is 0.378 e. The van der Waals surface area contributed by atoms with Gasteiger partial charge in [0.1, 0.15) is 5.44 Å². The molecular weight excluding hydrogens is 311 g/mol. The predicted octanol–water partition coefficient (Wildman–Crippen LogP) is 4.12. The Balaban J connectivity index is 2.06. The van der Waals surface area contributed by atoms with E-state index in [0.29, 0.717) is 18.6 Å². The Kier molecular flexibility index (Phi) is 4.62. The number of hydrogen-bond acceptors (Lipinski definition) is 4. The van der Waals surface area contributed by atoms with E-state index in [1.165, 1.54) is 0 Å². The molecule has 3 aromatic rings. The molecule has 0 saturated heterocycles. The summed E-state index contributed by atoms with van der Waals surface area (Å²) in [4.78, 5) is 0. The fourth-order valence-electron chi connectivity index (χ4n) is 2.55. The highest BCUT2D eigenvalue weighted by Crippen LogP contribution is 2.46. The number of nitrogens with one attached hydrogen (secondary N) is 1. The summed E-state index contributed by atoms with van der Waals surface area (Å²) in [5.41, 5.74) is 2.07. The van der Waals surface area contributed by atoms with Gasteiger partial charge < -0.3 is 9.05 Å². The number of aromatic amines is 1. The highest BCUT2D eigenvalue weighted by atomic mass is 31.2. The van der Waals surface area contributed by atoms with Crippen molar-refractivity contribution in [2.24, 2.45) is 0 Å². The molecule has 3 rings (SSSR count). The van der Waals surface area contributed by atoms with Gasteiger partial charge in [-0.2, -0.15) is 5.10 Å². The number of H-pyrrole nitrogens is 1. The van der Waals surface area contributed by atoms with Crippen molar-refractivity contribution in [3.63, 3.8) is 0 Å². The normalized spacial score (nSPS) is 11.9. The molecule has 6 heteroatoms. The van der Waals surface area contributed by atoms with Gasteiger partial charge in [0.2, 0.25) is 0 Å². The Morgan fingerprint density at radius 2 is 1.74 bits per heavy atom. The molecule has 0 radical (unpaired) electrons. The zero-order valence-electron chi connectivity index (χ0n) is 13.2. The molecule has 0 bridgehead atoms. The van der Waals surface area contributed by atoms with E-state index in [1.54, 1.807) is 19.9 Å². The van der Waals surface area contributed by atoms with Crippen LogP contribution < -0.4 is 5.44 Å². The van der Waals surface area contributed by atoms with Crippen molar-refractivity contribution in [3.8, 4) is 11.3 Å². The molecule has 23 heavy (non-hydrogen) atoms. The summed E-state index contributed by atoms with van der Waals surface area (Å²) in [7, 11) is -3.35. The topological polar surface area (TPSA) is 64.2 Å². The van der Waals surface area contributed by atoms with Crippen molar-refractivity contribution < 1.29 is 13.6 Å². The fraction of sp³-hybridized carbons (Fsp3) is 0.235. The van der Waals surface area contributed by atoms with Gasteiger partial charge in [0.25, 0.3) is 0 Å². The van der Waals surface area contributed by atoms with Gasteiger partial charge in [0, 0.05) is 5.56 Å². The van der Waals surface area contributed by atoms with Gasteiger partial charge in [-0.1, -0.05) is 42.5 Å². The molecule has 2 aromatic carbocycles. The van der Waals surface area contributed by atoms with Crippen LogP contribution in [0.15, 0.2) is 48.5 Å². The number of rotatable bonds is 6. The van der Waals surface area contributed by atoms with E-state index >= 15 is 0 Å². The van der Waals surface area contributed by atoms with Crippen molar-refractivity contribution in [3.05, 3.63) is 48.5 Å². The highest BCUT2D eigenvalue weighted by molar-refractivity contribution is 7.61. The maximum absolute atomic E-state index is 12.8. The third kappa shape index (κ3) is 3.08. The lowest BCUT2D eigenvalue weighted by Gasteiger charge is -2.14. The summed E-state index contributed by atoms with van der Waals surface area (Å²) in [5, 5.41) is 9.35. The van der Waals surface area contributed by atoms with E-state index in [4.69, 9.17) is 9.05 Å². The molecule has 0 amide bonds. The van der Waals surface area contributed by atoms with Crippen LogP contribution in [0.25, 0.3) is 22.0 Å².